The van der Waals surface area contributed by atoms with Gasteiger partial charge in [-0.15, -0.1) is 10.2 Å². The number of nitrogens with zero attached hydrogens (tertiary/aromatic N) is 5. The number of hydrogen-bond donors (Lipinski definition) is 1. The Kier molecular flexibility index (Phi) is 6.42. The van der Waals surface area contributed by atoms with Crippen LogP contribution < -0.4 is 5.73 Å². The molecular weight excluding hydrogens is 340 g/mol. The van der Waals surface area contributed by atoms with Gasteiger partial charge in [-0.1, -0.05) is 12.8 Å². The third-order valence-corrected chi connectivity index (χ3v) is 6.74. The van der Waals surface area contributed by atoms with Crippen LogP contribution in [0.2, 0.25) is 0 Å². The number of aromatic nitrogens is 3. The van der Waals surface area contributed by atoms with Gasteiger partial charge in [0.15, 0.2) is 0 Å². The van der Waals surface area contributed by atoms with Crippen LogP contribution in [0.3, 0.4) is 0 Å². The van der Waals surface area contributed by atoms with E-state index in [0.29, 0.717) is 18.6 Å². The van der Waals surface area contributed by atoms with Crippen molar-refractivity contribution in [2.45, 2.75) is 63.6 Å². The van der Waals surface area contributed by atoms with Crippen molar-refractivity contribution in [3.63, 3.8) is 0 Å². The molecule has 0 atom stereocenters. The molecule has 3 fully saturated rings. The Labute approximate surface area is 163 Å². The van der Waals surface area contributed by atoms with Gasteiger partial charge in [-0.25, -0.2) is 0 Å². The van der Waals surface area contributed by atoms with Gasteiger partial charge >= 0.3 is 0 Å². The van der Waals surface area contributed by atoms with Gasteiger partial charge in [-0.3, -0.25) is 4.90 Å². The normalized spacial score (nSPS) is 27.9. The van der Waals surface area contributed by atoms with E-state index in [-0.39, 0.29) is 0 Å². The van der Waals surface area contributed by atoms with E-state index in [1.54, 1.807) is 7.11 Å². The first-order chi connectivity index (χ1) is 13.2. The van der Waals surface area contributed by atoms with Gasteiger partial charge in [0.2, 0.25) is 0 Å². The predicted octanol–water partition coefficient (Wildman–Crippen LogP) is 1.44. The first-order valence-electron chi connectivity index (χ1n) is 10.8. The maximum absolute atomic E-state index is 5.99. The standard InChI is InChI=1S/C20H36N6O/c1-27-11-10-26-19(22-23-20(26)17-12-18(21)13-17)15-25-8-6-24(7-9-25)14-16-4-2-3-5-16/h16-18H,2-15,21H2,1H3. The first-order valence-corrected chi connectivity index (χ1v) is 10.8. The number of rotatable bonds is 8. The summed E-state index contributed by atoms with van der Waals surface area (Å²) >= 11 is 0. The highest BCUT2D eigenvalue weighted by molar-refractivity contribution is 5.09. The number of piperazine rings is 1. The molecule has 0 unspecified atom stereocenters. The minimum absolute atomic E-state index is 0.332. The minimum Gasteiger partial charge on any atom is -0.383 e. The molecule has 7 heteroatoms. The summed E-state index contributed by atoms with van der Waals surface area (Å²) in [5.74, 6) is 3.63. The van der Waals surface area contributed by atoms with E-state index in [1.807, 2.05) is 0 Å². The summed E-state index contributed by atoms with van der Waals surface area (Å²) < 4.78 is 7.62. The molecule has 2 saturated carbocycles. The first kappa shape index (κ1) is 19.3. The number of ether oxygens (including phenoxy) is 1. The molecule has 2 N–H and O–H groups in total. The minimum atomic E-state index is 0.332. The van der Waals surface area contributed by atoms with Crippen molar-refractivity contribution >= 4 is 0 Å². The highest BCUT2D eigenvalue weighted by Crippen LogP contribution is 2.35. The highest BCUT2D eigenvalue weighted by Gasteiger charge is 2.32. The Morgan fingerprint density at radius 3 is 2.41 bits per heavy atom. The van der Waals surface area contributed by atoms with Crippen LogP contribution in [0.1, 0.15) is 56.1 Å². The zero-order chi connectivity index (χ0) is 18.6. The smallest absolute Gasteiger partial charge is 0.147 e. The monoisotopic (exact) mass is 376 g/mol. The summed E-state index contributed by atoms with van der Waals surface area (Å²) in [4.78, 5) is 5.21. The summed E-state index contributed by atoms with van der Waals surface area (Å²) in [5, 5.41) is 9.09. The summed E-state index contributed by atoms with van der Waals surface area (Å²) in [6, 6.07) is 0.332. The molecule has 1 aromatic heterocycles. The largest absolute Gasteiger partial charge is 0.383 e. The fourth-order valence-electron chi connectivity index (χ4n) is 4.96. The van der Waals surface area contributed by atoms with Gasteiger partial charge in [0.05, 0.1) is 13.2 Å². The van der Waals surface area contributed by atoms with Gasteiger partial charge in [-0.2, -0.15) is 0 Å². The SMILES string of the molecule is COCCn1c(CN2CCN(CC3CCCC3)CC2)nnc1C1CC(N)C1. The van der Waals surface area contributed by atoms with Crippen molar-refractivity contribution < 1.29 is 4.74 Å². The van der Waals surface area contributed by atoms with Crippen LogP contribution >= 0.6 is 0 Å². The average molecular weight is 377 g/mol. The Bertz CT molecular complexity index is 585. The lowest BCUT2D eigenvalue weighted by Crippen LogP contribution is -2.47. The van der Waals surface area contributed by atoms with E-state index in [2.05, 4.69) is 24.6 Å². The Hall–Kier alpha value is -1.02. The van der Waals surface area contributed by atoms with Crippen LogP contribution in [0.5, 0.6) is 0 Å². The van der Waals surface area contributed by atoms with Gasteiger partial charge in [0.25, 0.3) is 0 Å². The number of nitrogens with two attached hydrogens (primary N) is 1. The van der Waals surface area contributed by atoms with Gasteiger partial charge in [-0.05, 0) is 31.6 Å². The second-order valence-electron chi connectivity index (χ2n) is 8.77. The zero-order valence-corrected chi connectivity index (χ0v) is 16.9. The maximum Gasteiger partial charge on any atom is 0.147 e. The summed E-state index contributed by atoms with van der Waals surface area (Å²) in [6.45, 7) is 8.38. The van der Waals surface area contributed by atoms with E-state index in [1.165, 1.54) is 45.3 Å². The number of hydrogen-bond acceptors (Lipinski definition) is 6. The van der Waals surface area contributed by atoms with E-state index < -0.39 is 0 Å². The van der Waals surface area contributed by atoms with Crippen molar-refractivity contribution in [3.8, 4) is 0 Å². The summed E-state index contributed by atoms with van der Waals surface area (Å²) in [6.07, 6.45) is 7.83. The topological polar surface area (TPSA) is 72.4 Å². The van der Waals surface area contributed by atoms with Crippen LogP contribution in [0, 0.1) is 5.92 Å². The second-order valence-corrected chi connectivity index (χ2v) is 8.77. The third-order valence-electron chi connectivity index (χ3n) is 6.74. The van der Waals surface area contributed by atoms with Gasteiger partial charge < -0.3 is 19.9 Å². The van der Waals surface area contributed by atoms with Crippen molar-refractivity contribution in [2.24, 2.45) is 11.7 Å². The van der Waals surface area contributed by atoms with Crippen molar-refractivity contribution in [1.82, 2.24) is 24.6 Å². The molecule has 2 aliphatic carbocycles. The van der Waals surface area contributed by atoms with Gasteiger partial charge in [0, 0.05) is 58.3 Å². The number of methoxy groups -OCH3 is 1. The van der Waals surface area contributed by atoms with Crippen LogP contribution in [0.25, 0.3) is 0 Å². The molecule has 0 aromatic carbocycles. The molecule has 0 radical (unpaired) electrons. The average Bonchev–Trinajstić information content (AvgIpc) is 3.29. The van der Waals surface area contributed by atoms with Crippen LogP contribution in [-0.4, -0.2) is 77.0 Å². The lowest BCUT2D eigenvalue weighted by Gasteiger charge is -2.36. The predicted molar refractivity (Wildman–Crippen MR) is 106 cm³/mol. The molecule has 152 valence electrons. The lowest BCUT2D eigenvalue weighted by atomic mass is 9.80. The molecule has 27 heavy (non-hydrogen) atoms. The molecule has 7 nitrogen and oxygen atoms in total. The zero-order valence-electron chi connectivity index (χ0n) is 16.9. The third kappa shape index (κ3) is 4.70. The van der Waals surface area contributed by atoms with Crippen LogP contribution in [-0.2, 0) is 17.8 Å². The van der Waals surface area contributed by atoms with Crippen LogP contribution in [0.4, 0.5) is 0 Å². The maximum atomic E-state index is 5.99. The molecule has 1 saturated heterocycles. The lowest BCUT2D eigenvalue weighted by molar-refractivity contribution is 0.110. The molecule has 2 heterocycles. The second kappa shape index (κ2) is 8.99. The van der Waals surface area contributed by atoms with E-state index in [9.17, 15) is 0 Å². The van der Waals surface area contributed by atoms with E-state index in [4.69, 9.17) is 10.5 Å². The molecule has 3 aliphatic rings. The van der Waals surface area contributed by atoms with Crippen molar-refractivity contribution in [1.29, 1.82) is 0 Å². The van der Waals surface area contributed by atoms with Gasteiger partial charge in [0.1, 0.15) is 11.6 Å². The molecule has 0 amide bonds. The summed E-state index contributed by atoms with van der Waals surface area (Å²) in [5.41, 5.74) is 5.99. The van der Waals surface area contributed by atoms with Crippen molar-refractivity contribution in [2.75, 3.05) is 46.4 Å². The Balaban J connectivity index is 1.32. The summed E-state index contributed by atoms with van der Waals surface area (Å²) in [7, 11) is 1.76. The molecule has 0 spiro atoms. The Morgan fingerprint density at radius 2 is 1.74 bits per heavy atom. The van der Waals surface area contributed by atoms with E-state index in [0.717, 1.165) is 56.6 Å². The molecular formula is C20H36N6O. The molecule has 4 rings (SSSR count). The molecule has 0 bridgehead atoms. The highest BCUT2D eigenvalue weighted by atomic mass is 16.5. The molecule has 1 aromatic rings. The van der Waals surface area contributed by atoms with Crippen molar-refractivity contribution in [3.05, 3.63) is 11.6 Å². The van der Waals surface area contributed by atoms with Crippen LogP contribution in [0.15, 0.2) is 0 Å². The van der Waals surface area contributed by atoms with E-state index >= 15 is 0 Å². The Morgan fingerprint density at radius 1 is 1.04 bits per heavy atom. The fourth-order valence-corrected chi connectivity index (χ4v) is 4.96. The fraction of sp³-hybridized carbons (Fsp3) is 0.900. The quantitative estimate of drug-likeness (QED) is 0.740. The molecule has 1 aliphatic heterocycles.